The van der Waals surface area contributed by atoms with Crippen LogP contribution >= 0.6 is 0 Å². The number of hydrogen-bond donors (Lipinski definition) is 3. The summed E-state index contributed by atoms with van der Waals surface area (Å²) in [6, 6.07) is -0.630. The highest BCUT2D eigenvalue weighted by Gasteiger charge is 2.18. The smallest absolute Gasteiger partial charge is 0.305 e. The third-order valence-corrected chi connectivity index (χ3v) is 16.7. The Morgan fingerprint density at radius 3 is 0.910 bits per heavy atom. The Labute approximate surface area is 488 Å². The Morgan fingerprint density at radius 1 is 0.346 bits per heavy atom. The highest BCUT2D eigenvalue weighted by atomic mass is 16.5. The van der Waals surface area contributed by atoms with E-state index in [1.54, 1.807) is 6.08 Å². The summed E-state index contributed by atoms with van der Waals surface area (Å²) in [6.45, 7) is 4.94. The normalized spacial score (nSPS) is 12.6. The standard InChI is InChI=1S/C72H139NO5/c1-3-5-7-9-11-13-15-17-19-21-22-23-24-26-29-33-36-40-44-48-52-56-60-64-70(75)69(68-74)73-71(76)65-61-57-53-49-45-41-37-34-30-27-25-28-31-35-39-43-47-51-55-59-63-67-78-72(77)66-62-58-54-50-46-42-38-32-20-18-16-14-12-10-8-6-4-2/h18,20,60,64,69-70,74-75H,3-17,19,21-59,61-63,65-68H2,1-2H3,(H,73,76)/b20-18-,64-60+. The van der Waals surface area contributed by atoms with Crippen LogP contribution in [0.25, 0.3) is 0 Å². The van der Waals surface area contributed by atoms with Crippen LogP contribution in [0.5, 0.6) is 0 Å². The number of amides is 1. The molecule has 0 bridgehead atoms. The molecule has 0 aliphatic heterocycles. The molecule has 0 aliphatic rings. The second-order valence-corrected chi connectivity index (χ2v) is 24.6. The van der Waals surface area contributed by atoms with Crippen molar-refractivity contribution >= 4 is 11.9 Å². The van der Waals surface area contributed by atoms with Crippen LogP contribution in [0.15, 0.2) is 24.3 Å². The third-order valence-electron chi connectivity index (χ3n) is 16.7. The van der Waals surface area contributed by atoms with Gasteiger partial charge < -0.3 is 20.3 Å². The number of hydrogen-bond acceptors (Lipinski definition) is 5. The lowest BCUT2D eigenvalue weighted by Gasteiger charge is -2.20. The van der Waals surface area contributed by atoms with Gasteiger partial charge in [-0.3, -0.25) is 9.59 Å². The van der Waals surface area contributed by atoms with Crippen molar-refractivity contribution in [3.05, 3.63) is 24.3 Å². The SMILES string of the molecule is CCCCCCCC/C=C\CCCCCCCCCC(=O)OCCCCCCCCCCCCCCCCCCCCCCCC(=O)NC(CO)C(O)/C=C/CCCCCCCCCCCCCCCCCCCCCCC. The van der Waals surface area contributed by atoms with E-state index in [1.165, 1.54) is 327 Å². The first-order valence-electron chi connectivity index (χ1n) is 35.6. The highest BCUT2D eigenvalue weighted by Crippen LogP contribution is 2.19. The number of allylic oxidation sites excluding steroid dienone is 3. The minimum Gasteiger partial charge on any atom is -0.466 e. The molecule has 2 unspecified atom stereocenters. The van der Waals surface area contributed by atoms with Gasteiger partial charge in [-0.25, -0.2) is 0 Å². The van der Waals surface area contributed by atoms with Gasteiger partial charge in [0, 0.05) is 12.8 Å². The molecule has 6 nitrogen and oxygen atoms in total. The molecule has 3 N–H and O–H groups in total. The lowest BCUT2D eigenvalue weighted by atomic mass is 10.0. The summed E-state index contributed by atoms with van der Waals surface area (Å²) in [6.07, 6.45) is 85.3. The van der Waals surface area contributed by atoms with Crippen LogP contribution in [-0.4, -0.2) is 47.4 Å². The zero-order valence-electron chi connectivity index (χ0n) is 52.9. The summed E-state index contributed by atoms with van der Waals surface area (Å²) in [5.41, 5.74) is 0. The Morgan fingerprint density at radius 2 is 0.603 bits per heavy atom. The molecule has 0 spiro atoms. The topological polar surface area (TPSA) is 95.9 Å². The van der Waals surface area contributed by atoms with Crippen LogP contribution in [0, 0.1) is 0 Å². The largest absolute Gasteiger partial charge is 0.466 e. The van der Waals surface area contributed by atoms with Gasteiger partial charge in [-0.15, -0.1) is 0 Å². The van der Waals surface area contributed by atoms with Gasteiger partial charge in [-0.1, -0.05) is 353 Å². The Balaban J connectivity index is 3.41. The summed E-state index contributed by atoms with van der Waals surface area (Å²) in [5.74, 6) is -0.0555. The van der Waals surface area contributed by atoms with Crippen molar-refractivity contribution in [2.45, 2.75) is 411 Å². The van der Waals surface area contributed by atoms with E-state index in [0.29, 0.717) is 19.4 Å². The molecule has 0 aromatic rings. The molecule has 0 saturated carbocycles. The van der Waals surface area contributed by atoms with Crippen molar-refractivity contribution in [3.8, 4) is 0 Å². The average molecular weight is 1100 g/mol. The Kier molecular flexibility index (Phi) is 66.4. The summed E-state index contributed by atoms with van der Waals surface area (Å²) in [4.78, 5) is 24.6. The number of unbranched alkanes of at least 4 members (excludes halogenated alkanes) is 54. The van der Waals surface area contributed by atoms with Crippen LogP contribution in [0.3, 0.4) is 0 Å². The van der Waals surface area contributed by atoms with Gasteiger partial charge >= 0.3 is 5.97 Å². The third kappa shape index (κ3) is 63.5. The van der Waals surface area contributed by atoms with E-state index in [-0.39, 0.29) is 18.5 Å². The molecule has 0 aromatic heterocycles. The van der Waals surface area contributed by atoms with Crippen LogP contribution < -0.4 is 5.32 Å². The number of esters is 1. The van der Waals surface area contributed by atoms with Gasteiger partial charge in [0.1, 0.15) is 0 Å². The monoisotopic (exact) mass is 1100 g/mol. The van der Waals surface area contributed by atoms with Crippen LogP contribution in [0.2, 0.25) is 0 Å². The predicted molar refractivity (Wildman–Crippen MR) is 343 cm³/mol. The molecule has 0 saturated heterocycles. The number of nitrogens with one attached hydrogen (secondary N) is 1. The van der Waals surface area contributed by atoms with Gasteiger partial charge in [0.15, 0.2) is 0 Å². The molecule has 78 heavy (non-hydrogen) atoms. The van der Waals surface area contributed by atoms with Gasteiger partial charge in [0.2, 0.25) is 5.91 Å². The van der Waals surface area contributed by atoms with Crippen molar-refractivity contribution in [1.82, 2.24) is 5.32 Å². The zero-order valence-corrected chi connectivity index (χ0v) is 52.9. The molecular weight excluding hydrogens is 959 g/mol. The van der Waals surface area contributed by atoms with Gasteiger partial charge in [-0.2, -0.15) is 0 Å². The first-order chi connectivity index (χ1) is 38.5. The first-order valence-corrected chi connectivity index (χ1v) is 35.6. The van der Waals surface area contributed by atoms with Crippen LogP contribution in [0.1, 0.15) is 399 Å². The fourth-order valence-electron chi connectivity index (χ4n) is 11.3. The summed E-state index contributed by atoms with van der Waals surface area (Å²) < 4.78 is 5.50. The molecule has 462 valence electrons. The number of rotatable bonds is 67. The Hall–Kier alpha value is -1.66. The average Bonchev–Trinajstić information content (AvgIpc) is 3.44. The first kappa shape index (κ1) is 76.3. The molecule has 0 rings (SSSR count). The Bertz CT molecular complexity index is 1220. The quantitative estimate of drug-likeness (QED) is 0.0320. The molecular formula is C72H139NO5. The van der Waals surface area contributed by atoms with Crippen molar-refractivity contribution in [2.24, 2.45) is 0 Å². The van der Waals surface area contributed by atoms with Crippen molar-refractivity contribution < 1.29 is 24.5 Å². The summed E-state index contributed by atoms with van der Waals surface area (Å²) >= 11 is 0. The number of ether oxygens (including phenoxy) is 1. The summed E-state index contributed by atoms with van der Waals surface area (Å²) in [5, 5.41) is 23.3. The van der Waals surface area contributed by atoms with Crippen molar-refractivity contribution in [3.63, 3.8) is 0 Å². The fraction of sp³-hybridized carbons (Fsp3) is 0.917. The van der Waals surface area contributed by atoms with E-state index in [4.69, 9.17) is 4.74 Å². The highest BCUT2D eigenvalue weighted by molar-refractivity contribution is 5.76. The van der Waals surface area contributed by atoms with Gasteiger partial charge in [-0.05, 0) is 57.8 Å². The second kappa shape index (κ2) is 67.8. The van der Waals surface area contributed by atoms with Crippen LogP contribution in [-0.2, 0) is 14.3 Å². The molecule has 0 aromatic carbocycles. The van der Waals surface area contributed by atoms with Crippen LogP contribution in [0.4, 0.5) is 0 Å². The van der Waals surface area contributed by atoms with Gasteiger partial charge in [0.25, 0.3) is 0 Å². The summed E-state index contributed by atoms with van der Waals surface area (Å²) in [7, 11) is 0. The van der Waals surface area contributed by atoms with E-state index >= 15 is 0 Å². The molecule has 0 fully saturated rings. The molecule has 1 amide bonds. The number of carbonyl (C=O) groups excluding carboxylic acids is 2. The van der Waals surface area contributed by atoms with E-state index < -0.39 is 12.1 Å². The molecule has 2 atom stereocenters. The minimum atomic E-state index is -0.846. The molecule has 0 aliphatic carbocycles. The molecule has 0 heterocycles. The maximum absolute atomic E-state index is 12.5. The number of carbonyl (C=O) groups is 2. The fourth-order valence-corrected chi connectivity index (χ4v) is 11.3. The van der Waals surface area contributed by atoms with E-state index in [9.17, 15) is 19.8 Å². The number of aliphatic hydroxyl groups is 2. The molecule has 6 heteroatoms. The van der Waals surface area contributed by atoms with E-state index in [2.05, 4.69) is 31.3 Å². The zero-order chi connectivity index (χ0) is 56.4. The van der Waals surface area contributed by atoms with Gasteiger partial charge in [0.05, 0.1) is 25.4 Å². The van der Waals surface area contributed by atoms with E-state index in [0.717, 1.165) is 44.9 Å². The lowest BCUT2D eigenvalue weighted by Crippen LogP contribution is -2.45. The molecule has 0 radical (unpaired) electrons. The maximum atomic E-state index is 12.5. The lowest BCUT2D eigenvalue weighted by molar-refractivity contribution is -0.143. The maximum Gasteiger partial charge on any atom is 0.305 e. The second-order valence-electron chi connectivity index (χ2n) is 24.6. The minimum absolute atomic E-state index is 0.00907. The van der Waals surface area contributed by atoms with Crippen molar-refractivity contribution in [1.29, 1.82) is 0 Å². The van der Waals surface area contributed by atoms with Crippen molar-refractivity contribution in [2.75, 3.05) is 13.2 Å². The van der Waals surface area contributed by atoms with E-state index in [1.807, 2.05) is 6.08 Å². The number of aliphatic hydroxyl groups excluding tert-OH is 2. The predicted octanol–water partition coefficient (Wildman–Crippen LogP) is 22.9.